The second kappa shape index (κ2) is 7.99. The van der Waals surface area contributed by atoms with Crippen LogP contribution in [0.25, 0.3) is 0 Å². The molecule has 0 amide bonds. The van der Waals surface area contributed by atoms with Gasteiger partial charge in [0.2, 0.25) is 5.88 Å². The van der Waals surface area contributed by atoms with Gasteiger partial charge in [-0.1, -0.05) is 30.1 Å². The van der Waals surface area contributed by atoms with E-state index < -0.39 is 0 Å². The molecule has 2 rings (SSSR count). The molecule has 0 aliphatic rings. The van der Waals surface area contributed by atoms with Crippen molar-refractivity contribution in [1.82, 2.24) is 10.3 Å². The van der Waals surface area contributed by atoms with Gasteiger partial charge < -0.3 is 10.1 Å². The summed E-state index contributed by atoms with van der Waals surface area (Å²) in [5.41, 5.74) is 0.976. The van der Waals surface area contributed by atoms with Crippen LogP contribution in [0.4, 0.5) is 0 Å². The minimum Gasteiger partial charge on any atom is -0.439 e. The fraction of sp³-hybridized carbons (Fsp3) is 0.267. The minimum absolute atomic E-state index is 0.455. The van der Waals surface area contributed by atoms with E-state index in [1.165, 1.54) is 0 Å². The number of hydrogen-bond donors (Lipinski definition) is 1. The summed E-state index contributed by atoms with van der Waals surface area (Å²) >= 11 is 15.3. The SMILES string of the molecule is CCCNCc1cc(Br)cnc1Oc1ccc(Cl)c(Cl)c1. The van der Waals surface area contributed by atoms with Crippen LogP contribution in [0.15, 0.2) is 34.9 Å². The molecule has 0 fully saturated rings. The van der Waals surface area contributed by atoms with Crippen molar-refractivity contribution in [2.24, 2.45) is 0 Å². The summed E-state index contributed by atoms with van der Waals surface area (Å²) in [7, 11) is 0. The highest BCUT2D eigenvalue weighted by molar-refractivity contribution is 9.10. The Morgan fingerprint density at radius 2 is 2.05 bits per heavy atom. The number of aromatic nitrogens is 1. The quantitative estimate of drug-likeness (QED) is 0.667. The second-order valence-electron chi connectivity index (χ2n) is 4.47. The van der Waals surface area contributed by atoms with Crippen molar-refractivity contribution in [2.45, 2.75) is 19.9 Å². The topological polar surface area (TPSA) is 34.2 Å². The molecule has 1 heterocycles. The Bertz CT molecular complexity index is 623. The Kier molecular flexibility index (Phi) is 6.30. The lowest BCUT2D eigenvalue weighted by Crippen LogP contribution is -2.14. The third-order valence-electron chi connectivity index (χ3n) is 2.74. The Morgan fingerprint density at radius 1 is 1.24 bits per heavy atom. The van der Waals surface area contributed by atoms with Gasteiger partial charge in [-0.25, -0.2) is 4.98 Å². The highest BCUT2D eigenvalue weighted by atomic mass is 79.9. The maximum absolute atomic E-state index is 6.00. The first kappa shape index (κ1) is 16.6. The molecule has 1 N–H and O–H groups in total. The van der Waals surface area contributed by atoms with Gasteiger partial charge in [-0.3, -0.25) is 0 Å². The molecule has 1 aromatic heterocycles. The van der Waals surface area contributed by atoms with Gasteiger partial charge in [0, 0.05) is 28.8 Å². The number of rotatable bonds is 6. The molecule has 112 valence electrons. The van der Waals surface area contributed by atoms with E-state index in [9.17, 15) is 0 Å². The van der Waals surface area contributed by atoms with E-state index in [4.69, 9.17) is 27.9 Å². The maximum atomic E-state index is 6.00. The van der Waals surface area contributed by atoms with Crippen LogP contribution in [0.2, 0.25) is 10.0 Å². The van der Waals surface area contributed by atoms with Crippen LogP contribution in [0.1, 0.15) is 18.9 Å². The van der Waals surface area contributed by atoms with Crippen LogP contribution in [0, 0.1) is 0 Å². The summed E-state index contributed by atoms with van der Waals surface area (Å²) in [5, 5.41) is 4.29. The standard InChI is InChI=1S/C15H15BrCl2N2O/c1-2-5-19-8-10-6-11(16)9-20-15(10)21-12-3-4-13(17)14(18)7-12/h3-4,6-7,9,19H,2,5,8H2,1H3. The van der Waals surface area contributed by atoms with Crippen molar-refractivity contribution in [3.05, 3.63) is 50.5 Å². The molecule has 0 radical (unpaired) electrons. The Morgan fingerprint density at radius 3 is 2.76 bits per heavy atom. The van der Waals surface area contributed by atoms with Gasteiger partial charge in [-0.15, -0.1) is 0 Å². The number of halogens is 3. The smallest absolute Gasteiger partial charge is 0.223 e. The average Bonchev–Trinajstić information content (AvgIpc) is 2.46. The molecule has 1 aromatic carbocycles. The number of pyridine rings is 1. The molecule has 0 atom stereocenters. The van der Waals surface area contributed by atoms with Crippen LogP contribution in [0.5, 0.6) is 11.6 Å². The molecule has 3 nitrogen and oxygen atoms in total. The van der Waals surface area contributed by atoms with Crippen LogP contribution >= 0.6 is 39.1 Å². The van der Waals surface area contributed by atoms with Crippen molar-refractivity contribution >= 4 is 39.1 Å². The molecule has 0 aliphatic carbocycles. The molecule has 0 aliphatic heterocycles. The summed E-state index contributed by atoms with van der Waals surface area (Å²) in [5.74, 6) is 1.16. The number of ether oxygens (including phenoxy) is 1. The number of nitrogens with one attached hydrogen (secondary N) is 1. The monoisotopic (exact) mass is 388 g/mol. The van der Waals surface area contributed by atoms with Crippen LogP contribution < -0.4 is 10.1 Å². The molecular formula is C15H15BrCl2N2O. The highest BCUT2D eigenvalue weighted by Crippen LogP contribution is 2.30. The first-order valence-electron chi connectivity index (χ1n) is 6.58. The average molecular weight is 390 g/mol. The molecule has 6 heteroatoms. The molecular weight excluding hydrogens is 375 g/mol. The zero-order valence-electron chi connectivity index (χ0n) is 11.5. The molecule has 0 saturated heterocycles. The van der Waals surface area contributed by atoms with Gasteiger partial charge in [0.05, 0.1) is 10.0 Å². The third kappa shape index (κ3) is 4.85. The largest absolute Gasteiger partial charge is 0.439 e. The predicted octanol–water partition coefficient (Wildman–Crippen LogP) is 5.44. The molecule has 0 unspecified atom stereocenters. The van der Waals surface area contributed by atoms with Gasteiger partial charge >= 0.3 is 0 Å². The summed E-state index contributed by atoms with van der Waals surface area (Å²) in [6.07, 6.45) is 2.78. The maximum Gasteiger partial charge on any atom is 0.223 e. The van der Waals surface area contributed by atoms with E-state index in [2.05, 4.69) is 33.2 Å². The van der Waals surface area contributed by atoms with E-state index in [1.54, 1.807) is 24.4 Å². The lowest BCUT2D eigenvalue weighted by atomic mass is 10.2. The highest BCUT2D eigenvalue weighted by Gasteiger charge is 2.09. The Labute approximate surface area is 142 Å². The zero-order valence-corrected chi connectivity index (χ0v) is 14.6. The fourth-order valence-corrected chi connectivity index (χ4v) is 2.41. The Hall–Kier alpha value is -0.810. The second-order valence-corrected chi connectivity index (χ2v) is 6.20. The molecule has 0 saturated carbocycles. The number of nitrogens with zero attached hydrogens (tertiary/aromatic N) is 1. The summed E-state index contributed by atoms with van der Waals surface area (Å²) in [4.78, 5) is 4.32. The van der Waals surface area contributed by atoms with E-state index in [-0.39, 0.29) is 0 Å². The van der Waals surface area contributed by atoms with Gasteiger partial charge in [-0.2, -0.15) is 0 Å². The Balaban J connectivity index is 2.19. The van der Waals surface area contributed by atoms with Crippen molar-refractivity contribution < 1.29 is 4.74 Å². The normalized spacial score (nSPS) is 10.7. The van der Waals surface area contributed by atoms with Gasteiger partial charge in [-0.05, 0) is 47.1 Å². The van der Waals surface area contributed by atoms with Crippen molar-refractivity contribution in [3.63, 3.8) is 0 Å². The van der Waals surface area contributed by atoms with E-state index in [1.807, 2.05) is 6.07 Å². The first-order chi connectivity index (χ1) is 10.1. The van der Waals surface area contributed by atoms with E-state index in [0.29, 0.717) is 28.2 Å². The van der Waals surface area contributed by atoms with Crippen LogP contribution in [-0.4, -0.2) is 11.5 Å². The van der Waals surface area contributed by atoms with Crippen molar-refractivity contribution in [3.8, 4) is 11.6 Å². The lowest BCUT2D eigenvalue weighted by molar-refractivity contribution is 0.452. The summed E-state index contributed by atoms with van der Waals surface area (Å²) in [6.45, 7) is 3.76. The number of benzene rings is 1. The molecule has 2 aromatic rings. The first-order valence-corrected chi connectivity index (χ1v) is 8.13. The molecule has 21 heavy (non-hydrogen) atoms. The van der Waals surface area contributed by atoms with Crippen molar-refractivity contribution in [2.75, 3.05) is 6.54 Å². The van der Waals surface area contributed by atoms with Crippen molar-refractivity contribution in [1.29, 1.82) is 0 Å². The van der Waals surface area contributed by atoms with E-state index >= 15 is 0 Å². The third-order valence-corrected chi connectivity index (χ3v) is 3.91. The van der Waals surface area contributed by atoms with Gasteiger partial charge in [0.15, 0.2) is 0 Å². The van der Waals surface area contributed by atoms with Crippen LogP contribution in [0.3, 0.4) is 0 Å². The van der Waals surface area contributed by atoms with Gasteiger partial charge in [0.1, 0.15) is 5.75 Å². The minimum atomic E-state index is 0.455. The summed E-state index contributed by atoms with van der Waals surface area (Å²) < 4.78 is 6.73. The molecule has 0 spiro atoms. The predicted molar refractivity (Wildman–Crippen MR) is 90.5 cm³/mol. The zero-order chi connectivity index (χ0) is 15.2. The lowest BCUT2D eigenvalue weighted by Gasteiger charge is -2.11. The van der Waals surface area contributed by atoms with Gasteiger partial charge in [0.25, 0.3) is 0 Å². The number of hydrogen-bond acceptors (Lipinski definition) is 3. The van der Waals surface area contributed by atoms with Crippen LogP contribution in [-0.2, 0) is 6.54 Å². The van der Waals surface area contributed by atoms with E-state index in [0.717, 1.165) is 23.0 Å². The summed E-state index contributed by atoms with van der Waals surface area (Å²) in [6, 6.07) is 7.13. The molecule has 0 bridgehead atoms. The fourth-order valence-electron chi connectivity index (χ4n) is 1.74.